The molecular formula is C19H25N3O2S3. The summed E-state index contributed by atoms with van der Waals surface area (Å²) in [6.45, 7) is 0.561. The maximum Gasteiger partial charge on any atom is 0.208 e. The van der Waals surface area contributed by atoms with Crippen molar-refractivity contribution in [3.63, 3.8) is 0 Å². The van der Waals surface area contributed by atoms with Crippen molar-refractivity contribution in [2.75, 3.05) is 23.9 Å². The number of benzene rings is 1. The van der Waals surface area contributed by atoms with E-state index in [-0.39, 0.29) is 0 Å². The number of fused-ring (bicyclic) bond motifs is 3. The van der Waals surface area contributed by atoms with Gasteiger partial charge in [0.2, 0.25) is 10.0 Å². The minimum atomic E-state index is -3.09. The Morgan fingerprint density at radius 3 is 2.74 bits per heavy atom. The van der Waals surface area contributed by atoms with Gasteiger partial charge in [-0.15, -0.1) is 23.1 Å². The van der Waals surface area contributed by atoms with Crippen LogP contribution in [-0.4, -0.2) is 38.0 Å². The number of sulfonamides is 1. The van der Waals surface area contributed by atoms with Gasteiger partial charge in [-0.25, -0.2) is 18.1 Å². The van der Waals surface area contributed by atoms with Gasteiger partial charge in [0.1, 0.15) is 0 Å². The van der Waals surface area contributed by atoms with Crippen molar-refractivity contribution in [1.82, 2.24) is 9.71 Å². The van der Waals surface area contributed by atoms with Crippen molar-refractivity contribution in [3.05, 3.63) is 29.1 Å². The molecule has 2 heterocycles. The van der Waals surface area contributed by atoms with E-state index in [1.54, 1.807) is 11.3 Å². The highest BCUT2D eigenvalue weighted by atomic mass is 32.2. The smallest absolute Gasteiger partial charge is 0.208 e. The maximum absolute atomic E-state index is 11.3. The standard InChI is InChI=1S/C19H25N3O2S3/c1-27(23,24)20-12-13-6-8-14(9-7-13)21-19-22-18-15-4-2-3-5-16(15)25-11-10-17(18)26-19/h2-5,13-14,20H,6-12H2,1H3,(H,21,22)/t13-,14+. The first-order valence-corrected chi connectivity index (χ1v) is 13.1. The van der Waals surface area contributed by atoms with Crippen LogP contribution in [0.25, 0.3) is 11.3 Å². The Hall–Kier alpha value is -1.09. The van der Waals surface area contributed by atoms with Gasteiger partial charge >= 0.3 is 0 Å². The molecular weight excluding hydrogens is 398 g/mol. The van der Waals surface area contributed by atoms with Gasteiger partial charge in [-0.05, 0) is 44.1 Å². The summed E-state index contributed by atoms with van der Waals surface area (Å²) in [5, 5.41) is 4.67. The number of aromatic nitrogens is 1. The number of nitrogens with one attached hydrogen (secondary N) is 2. The molecule has 0 bridgehead atoms. The van der Waals surface area contributed by atoms with E-state index in [2.05, 4.69) is 34.3 Å². The van der Waals surface area contributed by atoms with Gasteiger partial charge in [0.25, 0.3) is 0 Å². The summed E-state index contributed by atoms with van der Waals surface area (Å²) < 4.78 is 25.2. The second kappa shape index (κ2) is 8.11. The lowest BCUT2D eigenvalue weighted by Crippen LogP contribution is -2.33. The third-order valence-corrected chi connectivity index (χ3v) is 8.05. The Morgan fingerprint density at radius 1 is 1.19 bits per heavy atom. The second-order valence-electron chi connectivity index (χ2n) is 7.37. The van der Waals surface area contributed by atoms with Crippen molar-refractivity contribution in [1.29, 1.82) is 0 Å². The van der Waals surface area contributed by atoms with E-state index in [9.17, 15) is 8.42 Å². The second-order valence-corrected chi connectivity index (χ2v) is 11.4. The summed E-state index contributed by atoms with van der Waals surface area (Å²) >= 11 is 3.71. The summed E-state index contributed by atoms with van der Waals surface area (Å²) in [7, 11) is -3.09. The van der Waals surface area contributed by atoms with E-state index in [0.717, 1.165) is 48.7 Å². The van der Waals surface area contributed by atoms with Crippen molar-refractivity contribution in [3.8, 4) is 11.3 Å². The van der Waals surface area contributed by atoms with Gasteiger partial charge in [-0.1, -0.05) is 18.2 Å². The fourth-order valence-corrected chi connectivity index (χ4v) is 6.53. The van der Waals surface area contributed by atoms with E-state index in [0.29, 0.717) is 18.5 Å². The van der Waals surface area contributed by atoms with Gasteiger partial charge in [-0.3, -0.25) is 0 Å². The molecule has 1 aromatic carbocycles. The molecule has 8 heteroatoms. The lowest BCUT2D eigenvalue weighted by molar-refractivity contribution is 0.337. The minimum Gasteiger partial charge on any atom is -0.359 e. The molecule has 0 amide bonds. The Morgan fingerprint density at radius 2 is 1.96 bits per heavy atom. The average molecular weight is 424 g/mol. The van der Waals surface area contributed by atoms with Crippen LogP contribution < -0.4 is 10.0 Å². The molecule has 0 unspecified atom stereocenters. The first-order chi connectivity index (χ1) is 13.0. The Balaban J connectivity index is 1.39. The monoisotopic (exact) mass is 423 g/mol. The van der Waals surface area contributed by atoms with Gasteiger partial charge in [-0.2, -0.15) is 0 Å². The Kier molecular flexibility index (Phi) is 5.78. The predicted molar refractivity (Wildman–Crippen MR) is 114 cm³/mol. The quantitative estimate of drug-likeness (QED) is 0.761. The van der Waals surface area contributed by atoms with Crippen molar-refractivity contribution in [2.24, 2.45) is 5.92 Å². The third-order valence-electron chi connectivity index (χ3n) is 5.23. The fourth-order valence-electron chi connectivity index (χ4n) is 3.79. The molecule has 1 aliphatic heterocycles. The van der Waals surface area contributed by atoms with E-state index in [1.807, 2.05) is 11.8 Å². The molecule has 2 aromatic rings. The maximum atomic E-state index is 11.3. The average Bonchev–Trinajstić information content (AvgIpc) is 2.95. The first kappa shape index (κ1) is 19.2. The van der Waals surface area contributed by atoms with E-state index in [4.69, 9.17) is 4.98 Å². The molecule has 0 spiro atoms. The molecule has 0 atom stereocenters. The van der Waals surface area contributed by atoms with Gasteiger partial charge in [0.15, 0.2) is 5.13 Å². The Labute approximate surface area is 169 Å². The Bertz CT molecular complexity index is 903. The molecule has 0 radical (unpaired) electrons. The number of hydrogen-bond donors (Lipinski definition) is 2. The van der Waals surface area contributed by atoms with Crippen LogP contribution in [0.2, 0.25) is 0 Å². The van der Waals surface area contributed by atoms with Crippen LogP contribution in [0.4, 0.5) is 5.13 Å². The van der Waals surface area contributed by atoms with Gasteiger partial charge in [0, 0.05) is 33.7 Å². The summed E-state index contributed by atoms with van der Waals surface area (Å²) in [4.78, 5) is 7.64. The summed E-state index contributed by atoms with van der Waals surface area (Å²) in [5.74, 6) is 1.54. The molecule has 4 rings (SSSR count). The lowest BCUT2D eigenvalue weighted by Gasteiger charge is -2.28. The molecule has 2 aliphatic rings. The first-order valence-electron chi connectivity index (χ1n) is 9.41. The van der Waals surface area contributed by atoms with Crippen LogP contribution in [0.5, 0.6) is 0 Å². The topological polar surface area (TPSA) is 71.1 Å². The fraction of sp³-hybridized carbons (Fsp3) is 0.526. The zero-order valence-corrected chi connectivity index (χ0v) is 17.9. The number of aryl methyl sites for hydroxylation is 1. The zero-order valence-electron chi connectivity index (χ0n) is 15.4. The highest BCUT2D eigenvalue weighted by molar-refractivity contribution is 7.99. The van der Waals surface area contributed by atoms with Crippen molar-refractivity contribution >= 4 is 38.3 Å². The minimum absolute atomic E-state index is 0.430. The largest absolute Gasteiger partial charge is 0.359 e. The number of thioether (sulfide) groups is 1. The highest BCUT2D eigenvalue weighted by Gasteiger charge is 2.24. The number of thiazole rings is 1. The van der Waals surface area contributed by atoms with E-state index >= 15 is 0 Å². The molecule has 1 saturated carbocycles. The predicted octanol–water partition coefficient (Wildman–Crippen LogP) is 3.98. The van der Waals surface area contributed by atoms with Crippen LogP contribution in [0.1, 0.15) is 30.6 Å². The molecule has 1 aliphatic carbocycles. The summed E-state index contributed by atoms with van der Waals surface area (Å²) in [6.07, 6.45) is 6.51. The van der Waals surface area contributed by atoms with E-state index in [1.165, 1.54) is 21.6 Å². The molecule has 5 nitrogen and oxygen atoms in total. The van der Waals surface area contributed by atoms with Gasteiger partial charge in [0.05, 0.1) is 11.9 Å². The van der Waals surface area contributed by atoms with Crippen LogP contribution >= 0.6 is 23.1 Å². The van der Waals surface area contributed by atoms with E-state index < -0.39 is 10.0 Å². The lowest BCUT2D eigenvalue weighted by atomic mass is 9.86. The molecule has 0 saturated heterocycles. The van der Waals surface area contributed by atoms with Crippen LogP contribution in [0.15, 0.2) is 29.2 Å². The summed E-state index contributed by atoms with van der Waals surface area (Å²) in [6, 6.07) is 8.98. The van der Waals surface area contributed by atoms with Crippen molar-refractivity contribution in [2.45, 2.75) is 43.0 Å². The van der Waals surface area contributed by atoms with Gasteiger partial charge < -0.3 is 5.32 Å². The number of anilines is 1. The zero-order chi connectivity index (χ0) is 18.9. The molecule has 2 N–H and O–H groups in total. The number of hydrogen-bond acceptors (Lipinski definition) is 6. The van der Waals surface area contributed by atoms with Crippen LogP contribution in [0, 0.1) is 5.92 Å². The molecule has 1 fully saturated rings. The summed E-state index contributed by atoms with van der Waals surface area (Å²) in [5.41, 5.74) is 2.41. The number of nitrogens with zero attached hydrogens (tertiary/aromatic N) is 1. The van der Waals surface area contributed by atoms with Crippen LogP contribution in [0.3, 0.4) is 0 Å². The molecule has 27 heavy (non-hydrogen) atoms. The SMILES string of the molecule is CS(=O)(=O)NC[C@H]1CC[C@@H](Nc2nc3c(s2)CCSc2ccccc2-3)CC1. The molecule has 1 aromatic heterocycles. The highest BCUT2D eigenvalue weighted by Crippen LogP contribution is 2.41. The normalized spacial score (nSPS) is 22.6. The number of rotatable bonds is 5. The van der Waals surface area contributed by atoms with Crippen molar-refractivity contribution < 1.29 is 8.42 Å². The molecule has 146 valence electrons. The third kappa shape index (κ3) is 4.85. The van der Waals surface area contributed by atoms with Crippen LogP contribution in [-0.2, 0) is 16.4 Å².